The van der Waals surface area contributed by atoms with Gasteiger partial charge in [-0.15, -0.1) is 0 Å². The van der Waals surface area contributed by atoms with Gasteiger partial charge in [-0.1, -0.05) is 33.5 Å². The summed E-state index contributed by atoms with van der Waals surface area (Å²) in [6, 6.07) is -0.0171. The summed E-state index contributed by atoms with van der Waals surface area (Å²) >= 11 is 0. The lowest BCUT2D eigenvalue weighted by molar-refractivity contribution is -0.143. The van der Waals surface area contributed by atoms with Gasteiger partial charge in [0, 0.05) is 6.04 Å². The minimum Gasteiger partial charge on any atom is -0.280 e. The van der Waals surface area contributed by atoms with Crippen LogP contribution >= 0.6 is 0 Å². The normalized spacial score (nSPS) is 37.6. The second-order valence-electron chi connectivity index (χ2n) is 7.69. The Labute approximate surface area is 123 Å². The number of carbonyl (C=O) groups excluding carboxylic acids is 2. The number of likely N-dealkylation sites (tertiary alicyclic amines) is 1. The maximum atomic E-state index is 12.8. The third-order valence-corrected chi connectivity index (χ3v) is 5.53. The molecule has 0 aromatic heterocycles. The predicted molar refractivity (Wildman–Crippen MR) is 82.9 cm³/mol. The molecular formula is C16H28BNO2. The molecule has 0 bridgehead atoms. The van der Waals surface area contributed by atoms with E-state index in [0.29, 0.717) is 29.5 Å². The summed E-state index contributed by atoms with van der Waals surface area (Å²) < 4.78 is 0. The number of fused-ring (bicyclic) bond motifs is 1. The Morgan fingerprint density at radius 1 is 0.850 bits per heavy atom. The first kappa shape index (κ1) is 15.6. The summed E-state index contributed by atoms with van der Waals surface area (Å²) in [4.78, 5) is 27.1. The first-order chi connectivity index (χ1) is 9.20. The molecule has 2 amide bonds. The maximum Gasteiger partial charge on any atom is 0.233 e. The lowest BCUT2D eigenvalue weighted by atomic mass is 9.65. The van der Waals surface area contributed by atoms with Crippen LogP contribution in [0.4, 0.5) is 0 Å². The van der Waals surface area contributed by atoms with Gasteiger partial charge in [-0.2, -0.15) is 0 Å². The molecule has 0 aromatic carbocycles. The third kappa shape index (κ3) is 2.03. The maximum absolute atomic E-state index is 12.8. The van der Waals surface area contributed by atoms with Gasteiger partial charge in [0.05, 0.1) is 11.8 Å². The second-order valence-corrected chi connectivity index (χ2v) is 7.69. The number of imide groups is 1. The fraction of sp³-hybridized carbons (Fsp3) is 0.875. The Balaban J connectivity index is 2.46. The van der Waals surface area contributed by atoms with Crippen LogP contribution in [0.15, 0.2) is 0 Å². The predicted octanol–water partition coefficient (Wildman–Crippen LogP) is 1.98. The Morgan fingerprint density at radius 3 is 1.45 bits per heavy atom. The van der Waals surface area contributed by atoms with Crippen molar-refractivity contribution in [2.24, 2.45) is 35.5 Å². The van der Waals surface area contributed by atoms with E-state index in [-0.39, 0.29) is 29.7 Å². The van der Waals surface area contributed by atoms with E-state index >= 15 is 0 Å². The minimum atomic E-state index is -0.0766. The van der Waals surface area contributed by atoms with Crippen LogP contribution in [0, 0.1) is 35.5 Å². The van der Waals surface area contributed by atoms with Crippen LogP contribution in [0.2, 0.25) is 5.82 Å². The van der Waals surface area contributed by atoms with Crippen LogP contribution in [0.3, 0.4) is 0 Å². The standard InChI is InChI=1S/C16H28BNO2/c1-7(2)10-12-13(11(8(3)4)14(10)17)16(20)18(9(5)6)15(12)19/h7-14H,17H2,1-6H3. The molecule has 2 fully saturated rings. The Bertz CT molecular complexity index is 385. The van der Waals surface area contributed by atoms with Crippen LogP contribution in [0.5, 0.6) is 0 Å². The molecule has 4 atom stereocenters. The van der Waals surface area contributed by atoms with Crippen LogP contribution in [-0.4, -0.2) is 30.6 Å². The van der Waals surface area contributed by atoms with Gasteiger partial charge in [-0.3, -0.25) is 14.5 Å². The molecule has 2 rings (SSSR count). The fourth-order valence-electron chi connectivity index (χ4n) is 5.01. The molecule has 2 aliphatic rings. The molecule has 4 heteroatoms. The Hall–Kier alpha value is -0.795. The molecule has 1 heterocycles. The van der Waals surface area contributed by atoms with Crippen molar-refractivity contribution in [1.29, 1.82) is 0 Å². The largest absolute Gasteiger partial charge is 0.280 e. The first-order valence-electron chi connectivity index (χ1n) is 8.07. The zero-order chi connectivity index (χ0) is 15.4. The highest BCUT2D eigenvalue weighted by Crippen LogP contribution is 2.57. The topological polar surface area (TPSA) is 37.4 Å². The van der Waals surface area contributed by atoms with Crippen molar-refractivity contribution in [3.05, 3.63) is 0 Å². The number of amides is 2. The van der Waals surface area contributed by atoms with Gasteiger partial charge in [0.1, 0.15) is 7.85 Å². The van der Waals surface area contributed by atoms with Crippen LogP contribution in [0.25, 0.3) is 0 Å². The van der Waals surface area contributed by atoms with Gasteiger partial charge in [0.25, 0.3) is 0 Å². The van der Waals surface area contributed by atoms with Crippen molar-refractivity contribution in [3.63, 3.8) is 0 Å². The van der Waals surface area contributed by atoms with Crippen molar-refractivity contribution in [2.45, 2.75) is 53.4 Å². The molecule has 1 aliphatic carbocycles. The quantitative estimate of drug-likeness (QED) is 0.584. The van der Waals surface area contributed by atoms with Crippen molar-refractivity contribution in [1.82, 2.24) is 4.90 Å². The number of rotatable bonds is 3. The lowest BCUT2D eigenvalue weighted by Crippen LogP contribution is -2.40. The van der Waals surface area contributed by atoms with Crippen molar-refractivity contribution >= 4 is 19.7 Å². The average molecular weight is 277 g/mol. The van der Waals surface area contributed by atoms with Gasteiger partial charge < -0.3 is 0 Å². The van der Waals surface area contributed by atoms with Gasteiger partial charge in [0.15, 0.2) is 0 Å². The number of hydrogen-bond donors (Lipinski definition) is 0. The number of hydrogen-bond acceptors (Lipinski definition) is 2. The zero-order valence-electron chi connectivity index (χ0n) is 13.9. The van der Waals surface area contributed by atoms with Crippen LogP contribution < -0.4 is 0 Å². The van der Waals surface area contributed by atoms with E-state index in [9.17, 15) is 9.59 Å². The van der Waals surface area contributed by atoms with Crippen molar-refractivity contribution in [3.8, 4) is 0 Å². The van der Waals surface area contributed by atoms with Gasteiger partial charge in [-0.05, 0) is 37.5 Å². The summed E-state index contributed by atoms with van der Waals surface area (Å²) in [5, 5.41) is 0. The molecule has 4 unspecified atom stereocenters. The Morgan fingerprint density at radius 2 is 1.20 bits per heavy atom. The SMILES string of the molecule is BC1C(C(C)C)C2C(=O)N(C(C)C)C(=O)C2C1C(C)C. The van der Waals surface area contributed by atoms with Crippen molar-refractivity contribution in [2.75, 3.05) is 0 Å². The number of nitrogens with zero attached hydrogens (tertiary/aromatic N) is 1. The van der Waals surface area contributed by atoms with E-state index < -0.39 is 0 Å². The summed E-state index contributed by atoms with van der Waals surface area (Å²) in [6.07, 6.45) is 0. The summed E-state index contributed by atoms with van der Waals surface area (Å²) in [7, 11) is 2.24. The lowest BCUT2D eigenvalue weighted by Gasteiger charge is -2.31. The van der Waals surface area contributed by atoms with Crippen LogP contribution in [-0.2, 0) is 9.59 Å². The highest BCUT2D eigenvalue weighted by molar-refractivity contribution is 6.15. The molecule has 3 nitrogen and oxygen atoms in total. The van der Waals surface area contributed by atoms with Gasteiger partial charge >= 0.3 is 0 Å². The molecular weight excluding hydrogens is 249 g/mol. The molecule has 1 saturated carbocycles. The molecule has 1 aliphatic heterocycles. The number of carbonyl (C=O) groups is 2. The monoisotopic (exact) mass is 277 g/mol. The van der Waals surface area contributed by atoms with Crippen LogP contribution in [0.1, 0.15) is 41.5 Å². The first-order valence-corrected chi connectivity index (χ1v) is 8.07. The van der Waals surface area contributed by atoms with E-state index in [4.69, 9.17) is 0 Å². The summed E-state index contributed by atoms with van der Waals surface area (Å²) in [5.41, 5.74) is 0. The molecule has 0 aromatic rings. The molecule has 0 spiro atoms. The third-order valence-electron chi connectivity index (χ3n) is 5.53. The highest BCUT2D eigenvalue weighted by atomic mass is 16.2. The van der Waals surface area contributed by atoms with E-state index in [1.165, 1.54) is 4.90 Å². The van der Waals surface area contributed by atoms with Gasteiger partial charge in [-0.25, -0.2) is 0 Å². The van der Waals surface area contributed by atoms with E-state index in [1.807, 2.05) is 13.8 Å². The highest BCUT2D eigenvalue weighted by Gasteiger charge is 2.62. The van der Waals surface area contributed by atoms with Gasteiger partial charge in [0.2, 0.25) is 11.8 Å². The van der Waals surface area contributed by atoms with E-state index in [1.54, 1.807) is 0 Å². The fourth-order valence-corrected chi connectivity index (χ4v) is 5.01. The van der Waals surface area contributed by atoms with E-state index in [0.717, 1.165) is 0 Å². The minimum absolute atomic E-state index is 0.0171. The van der Waals surface area contributed by atoms with E-state index in [2.05, 4.69) is 35.5 Å². The second kappa shape index (κ2) is 5.20. The molecule has 1 saturated heterocycles. The molecule has 112 valence electrons. The smallest absolute Gasteiger partial charge is 0.233 e. The average Bonchev–Trinajstić information content (AvgIpc) is 2.72. The summed E-state index contributed by atoms with van der Waals surface area (Å²) in [5.74, 6) is 2.05. The Kier molecular flexibility index (Phi) is 4.05. The zero-order valence-corrected chi connectivity index (χ0v) is 13.9. The molecule has 0 N–H and O–H groups in total. The van der Waals surface area contributed by atoms with Crippen molar-refractivity contribution < 1.29 is 9.59 Å². The molecule has 20 heavy (non-hydrogen) atoms. The summed E-state index contributed by atoms with van der Waals surface area (Å²) in [6.45, 7) is 12.6. The molecule has 0 radical (unpaired) electrons.